The molecule has 0 aliphatic carbocycles. The fourth-order valence-electron chi connectivity index (χ4n) is 0.658. The summed E-state index contributed by atoms with van der Waals surface area (Å²) in [7, 11) is 3.11. The van der Waals surface area contributed by atoms with Gasteiger partial charge in [-0.25, -0.2) is 4.79 Å². The molecule has 0 aromatic carbocycles. The summed E-state index contributed by atoms with van der Waals surface area (Å²) in [5.41, 5.74) is 0. The molecule has 0 saturated carbocycles. The molecule has 1 amide bonds. The van der Waals surface area contributed by atoms with Gasteiger partial charge in [0, 0.05) is 7.05 Å². The van der Waals surface area contributed by atoms with Gasteiger partial charge in [-0.15, -0.1) is 0 Å². The molecule has 5 nitrogen and oxygen atoms in total. The summed E-state index contributed by atoms with van der Waals surface area (Å²) in [4.78, 5) is 22.7. The molecule has 0 heterocycles. The second kappa shape index (κ2) is 4.71. The van der Waals surface area contributed by atoms with E-state index in [-0.39, 0.29) is 12.5 Å². The standard InChI is InChI=1S/C7H14N2O3/c1-5(7(11)12)9(3)6(10)4-8-2/h5,8H,4H2,1-3H3,(H,11,12)/t5-/m0/s1. The van der Waals surface area contributed by atoms with Crippen LogP contribution in [-0.4, -0.2) is 48.6 Å². The van der Waals surface area contributed by atoms with Gasteiger partial charge in [0.1, 0.15) is 6.04 Å². The molecule has 1 atom stereocenters. The Morgan fingerprint density at radius 3 is 2.42 bits per heavy atom. The number of rotatable bonds is 4. The number of nitrogens with one attached hydrogen (secondary N) is 1. The number of hydrogen-bond acceptors (Lipinski definition) is 3. The number of amides is 1. The van der Waals surface area contributed by atoms with E-state index in [0.717, 1.165) is 0 Å². The zero-order valence-corrected chi connectivity index (χ0v) is 7.50. The summed E-state index contributed by atoms with van der Waals surface area (Å²) >= 11 is 0. The van der Waals surface area contributed by atoms with E-state index in [2.05, 4.69) is 5.32 Å². The van der Waals surface area contributed by atoms with Crippen LogP contribution in [-0.2, 0) is 9.59 Å². The van der Waals surface area contributed by atoms with Crippen LogP contribution in [0.1, 0.15) is 6.92 Å². The smallest absolute Gasteiger partial charge is 0.326 e. The first-order valence-corrected chi connectivity index (χ1v) is 3.63. The van der Waals surface area contributed by atoms with E-state index < -0.39 is 12.0 Å². The number of likely N-dealkylation sites (N-methyl/N-ethyl adjacent to an activating group) is 2. The van der Waals surface area contributed by atoms with Crippen molar-refractivity contribution >= 4 is 11.9 Å². The maximum atomic E-state index is 11.1. The van der Waals surface area contributed by atoms with E-state index in [1.54, 1.807) is 7.05 Å². The quantitative estimate of drug-likeness (QED) is 0.581. The summed E-state index contributed by atoms with van der Waals surface area (Å²) in [5, 5.41) is 11.2. The molecule has 0 bridgehead atoms. The Hall–Kier alpha value is -1.10. The van der Waals surface area contributed by atoms with Crippen molar-refractivity contribution in [2.24, 2.45) is 0 Å². The lowest BCUT2D eigenvalue weighted by molar-refractivity contribution is -0.147. The number of aliphatic carboxylic acids is 1. The zero-order valence-electron chi connectivity index (χ0n) is 7.50. The lowest BCUT2D eigenvalue weighted by Gasteiger charge is -2.20. The molecule has 0 fully saturated rings. The van der Waals surface area contributed by atoms with Crippen LogP contribution in [0.25, 0.3) is 0 Å². The van der Waals surface area contributed by atoms with E-state index in [1.165, 1.54) is 18.9 Å². The van der Waals surface area contributed by atoms with Gasteiger partial charge in [-0.05, 0) is 14.0 Å². The molecule has 0 aliphatic heterocycles. The molecule has 0 aromatic rings. The van der Waals surface area contributed by atoms with Crippen molar-refractivity contribution in [2.45, 2.75) is 13.0 Å². The summed E-state index contributed by atoms with van der Waals surface area (Å²) in [6, 6.07) is -0.772. The van der Waals surface area contributed by atoms with Crippen molar-refractivity contribution < 1.29 is 14.7 Å². The molecule has 0 rings (SSSR count). The van der Waals surface area contributed by atoms with Crippen molar-refractivity contribution in [1.29, 1.82) is 0 Å². The second-order valence-corrected chi connectivity index (χ2v) is 2.55. The van der Waals surface area contributed by atoms with Gasteiger partial charge in [-0.3, -0.25) is 4.79 Å². The fourth-order valence-corrected chi connectivity index (χ4v) is 0.658. The van der Waals surface area contributed by atoms with E-state index >= 15 is 0 Å². The van der Waals surface area contributed by atoms with Crippen LogP contribution < -0.4 is 5.32 Å². The topological polar surface area (TPSA) is 69.6 Å². The molecule has 0 spiro atoms. The second-order valence-electron chi connectivity index (χ2n) is 2.55. The van der Waals surface area contributed by atoms with Gasteiger partial charge < -0.3 is 15.3 Å². The maximum absolute atomic E-state index is 11.1. The third kappa shape index (κ3) is 2.87. The first-order valence-electron chi connectivity index (χ1n) is 3.63. The van der Waals surface area contributed by atoms with Crippen LogP contribution in [0.3, 0.4) is 0 Å². The Morgan fingerprint density at radius 1 is 1.58 bits per heavy atom. The average molecular weight is 174 g/mol. The van der Waals surface area contributed by atoms with Crippen LogP contribution in [0.5, 0.6) is 0 Å². The Labute approximate surface area is 71.4 Å². The van der Waals surface area contributed by atoms with Crippen LogP contribution in [0.15, 0.2) is 0 Å². The molecule has 5 heteroatoms. The molecule has 2 N–H and O–H groups in total. The predicted octanol–water partition coefficient (Wildman–Crippen LogP) is -0.863. The monoisotopic (exact) mass is 174 g/mol. The van der Waals surface area contributed by atoms with E-state index in [0.29, 0.717) is 0 Å². The van der Waals surface area contributed by atoms with Crippen molar-refractivity contribution in [3.63, 3.8) is 0 Å². The Bertz CT molecular complexity index is 181. The lowest BCUT2D eigenvalue weighted by Crippen LogP contribution is -2.43. The number of hydrogen-bond donors (Lipinski definition) is 2. The summed E-state index contributed by atoms with van der Waals surface area (Å²) < 4.78 is 0. The highest BCUT2D eigenvalue weighted by molar-refractivity contribution is 5.84. The van der Waals surface area contributed by atoms with Gasteiger partial charge in [0.2, 0.25) is 5.91 Å². The van der Waals surface area contributed by atoms with Crippen molar-refractivity contribution in [3.8, 4) is 0 Å². The normalized spacial score (nSPS) is 12.2. The average Bonchev–Trinajstić information content (AvgIpc) is 2.02. The molecular formula is C7H14N2O3. The van der Waals surface area contributed by atoms with Crippen molar-refractivity contribution in [1.82, 2.24) is 10.2 Å². The van der Waals surface area contributed by atoms with Gasteiger partial charge >= 0.3 is 5.97 Å². The summed E-state index contributed by atoms with van der Waals surface area (Å²) in [5.74, 6) is -1.23. The largest absolute Gasteiger partial charge is 0.480 e. The number of carbonyl (C=O) groups excluding carboxylic acids is 1. The molecule has 12 heavy (non-hydrogen) atoms. The lowest BCUT2D eigenvalue weighted by atomic mass is 10.3. The first-order chi connectivity index (χ1) is 5.50. The maximum Gasteiger partial charge on any atom is 0.326 e. The van der Waals surface area contributed by atoms with E-state index in [1.807, 2.05) is 0 Å². The number of nitrogens with zero attached hydrogens (tertiary/aromatic N) is 1. The fraction of sp³-hybridized carbons (Fsp3) is 0.714. The van der Waals surface area contributed by atoms with Crippen molar-refractivity contribution in [3.05, 3.63) is 0 Å². The third-order valence-corrected chi connectivity index (χ3v) is 1.66. The SMILES string of the molecule is CNCC(=O)N(C)[C@@H](C)C(=O)O. The Balaban J connectivity index is 4.09. The van der Waals surface area contributed by atoms with E-state index in [9.17, 15) is 9.59 Å². The van der Waals surface area contributed by atoms with Gasteiger partial charge in [-0.1, -0.05) is 0 Å². The van der Waals surface area contributed by atoms with Gasteiger partial charge in [-0.2, -0.15) is 0 Å². The van der Waals surface area contributed by atoms with Crippen molar-refractivity contribution in [2.75, 3.05) is 20.6 Å². The zero-order chi connectivity index (χ0) is 9.72. The molecule has 0 aliphatic rings. The molecule has 0 radical (unpaired) electrons. The minimum absolute atomic E-state index is 0.161. The first kappa shape index (κ1) is 10.9. The van der Waals surface area contributed by atoms with Crippen LogP contribution in [0.2, 0.25) is 0 Å². The Morgan fingerprint density at radius 2 is 2.08 bits per heavy atom. The summed E-state index contributed by atoms with van der Waals surface area (Å²) in [6.45, 7) is 1.63. The third-order valence-electron chi connectivity index (χ3n) is 1.66. The predicted molar refractivity (Wildman–Crippen MR) is 43.8 cm³/mol. The molecular weight excluding hydrogens is 160 g/mol. The van der Waals surface area contributed by atoms with Crippen LogP contribution in [0.4, 0.5) is 0 Å². The number of carbonyl (C=O) groups is 2. The highest BCUT2D eigenvalue weighted by Gasteiger charge is 2.20. The number of carboxylic acid groups (broad SMARTS) is 1. The highest BCUT2D eigenvalue weighted by atomic mass is 16.4. The number of carboxylic acids is 1. The van der Waals surface area contributed by atoms with Crippen LogP contribution in [0, 0.1) is 0 Å². The molecule has 0 saturated heterocycles. The minimum Gasteiger partial charge on any atom is -0.480 e. The minimum atomic E-state index is -0.998. The Kier molecular flexibility index (Phi) is 4.28. The summed E-state index contributed by atoms with van der Waals surface area (Å²) in [6.07, 6.45) is 0. The van der Waals surface area contributed by atoms with E-state index in [4.69, 9.17) is 5.11 Å². The molecule has 0 unspecified atom stereocenters. The van der Waals surface area contributed by atoms with Gasteiger partial charge in [0.25, 0.3) is 0 Å². The van der Waals surface area contributed by atoms with Gasteiger partial charge in [0.15, 0.2) is 0 Å². The molecule has 0 aromatic heterocycles. The molecule has 70 valence electrons. The van der Waals surface area contributed by atoms with Gasteiger partial charge in [0.05, 0.1) is 6.54 Å². The highest BCUT2D eigenvalue weighted by Crippen LogP contribution is 1.95. The van der Waals surface area contributed by atoms with Crippen LogP contribution >= 0.6 is 0 Å².